The minimum Gasteiger partial charge on any atom is -0.238 e. The van der Waals surface area contributed by atoms with Gasteiger partial charge in [0.05, 0.1) is 18.2 Å². The van der Waals surface area contributed by atoms with E-state index in [1.54, 1.807) is 24.3 Å². The second kappa shape index (κ2) is 10.8. The maximum atomic E-state index is 8.86. The van der Waals surface area contributed by atoms with E-state index in [-0.39, 0.29) is 0 Å². The molecule has 0 aliphatic heterocycles. The molecule has 0 amide bonds. The van der Waals surface area contributed by atoms with Crippen molar-refractivity contribution in [1.29, 1.82) is 5.26 Å². The van der Waals surface area contributed by atoms with Gasteiger partial charge in [-0.1, -0.05) is 84.4 Å². The molecule has 0 aromatic heterocycles. The normalized spacial score (nSPS) is 9.71. The summed E-state index contributed by atoms with van der Waals surface area (Å²) >= 11 is 0. The molecule has 0 bridgehead atoms. The van der Waals surface area contributed by atoms with E-state index in [1.165, 1.54) is 0 Å². The van der Waals surface area contributed by atoms with E-state index in [4.69, 9.17) is 11.8 Å². The van der Waals surface area contributed by atoms with Crippen molar-refractivity contribution in [2.75, 3.05) is 0 Å². The summed E-state index contributed by atoms with van der Waals surface area (Å²) in [6.07, 6.45) is 4.13. The van der Waals surface area contributed by atoms with Gasteiger partial charge in [0.15, 0.2) is 5.69 Å². The van der Waals surface area contributed by atoms with Crippen molar-refractivity contribution in [3.63, 3.8) is 0 Å². The second-order valence-electron chi connectivity index (χ2n) is 7.43. The Hall–Kier alpha value is -5.28. The van der Waals surface area contributed by atoms with Crippen LogP contribution in [0.2, 0.25) is 0 Å². The molecule has 156 valence electrons. The van der Waals surface area contributed by atoms with Gasteiger partial charge in [-0.2, -0.15) is 5.26 Å². The van der Waals surface area contributed by atoms with E-state index in [0.29, 0.717) is 11.3 Å². The van der Waals surface area contributed by atoms with Crippen LogP contribution in [0.1, 0.15) is 38.9 Å². The molecule has 0 saturated carbocycles. The third-order valence-electron chi connectivity index (χ3n) is 5.00. The zero-order valence-corrected chi connectivity index (χ0v) is 18.3. The Morgan fingerprint density at radius 2 is 0.824 bits per heavy atom. The highest BCUT2D eigenvalue weighted by molar-refractivity contribution is 5.70. The molecule has 0 saturated heterocycles. The Kier molecular flexibility index (Phi) is 7.00. The first kappa shape index (κ1) is 21.9. The second-order valence-corrected chi connectivity index (χ2v) is 7.43. The van der Waals surface area contributed by atoms with E-state index in [1.807, 2.05) is 72.8 Å². The standard InChI is InChI=1S/C32H18N2/c1-34-32-22-20-30(21-23-32)15-14-28-10-8-26(9-11-28)3-2-25-4-6-27(7-5-25)12-13-29-16-18-31(24-33)19-17-29/h2-11,16-23H. The van der Waals surface area contributed by atoms with Crippen LogP contribution in [0.15, 0.2) is 97.1 Å². The van der Waals surface area contributed by atoms with Gasteiger partial charge in [-0.15, -0.1) is 0 Å². The Labute approximate surface area is 200 Å². The van der Waals surface area contributed by atoms with Crippen molar-refractivity contribution in [2.45, 2.75) is 0 Å². The molecule has 0 N–H and O–H groups in total. The zero-order valence-electron chi connectivity index (χ0n) is 18.3. The number of rotatable bonds is 2. The molecule has 2 heteroatoms. The van der Waals surface area contributed by atoms with Crippen LogP contribution in [0, 0.1) is 41.6 Å². The van der Waals surface area contributed by atoms with E-state index >= 15 is 0 Å². The van der Waals surface area contributed by atoms with Gasteiger partial charge in [0, 0.05) is 22.3 Å². The van der Waals surface area contributed by atoms with Gasteiger partial charge in [0.25, 0.3) is 0 Å². The van der Waals surface area contributed by atoms with Gasteiger partial charge in [-0.25, -0.2) is 4.85 Å². The first-order valence-electron chi connectivity index (χ1n) is 10.6. The molecular formula is C32H18N2. The first-order valence-corrected chi connectivity index (χ1v) is 10.6. The first-order chi connectivity index (χ1) is 16.7. The minimum absolute atomic E-state index is 0.618. The largest absolute Gasteiger partial charge is 0.238 e. The fraction of sp³-hybridized carbons (Fsp3) is 0. The van der Waals surface area contributed by atoms with Crippen molar-refractivity contribution in [3.8, 4) is 29.8 Å². The third kappa shape index (κ3) is 6.13. The summed E-state index contributed by atoms with van der Waals surface area (Å²) in [5.41, 5.74) is 7.09. The highest BCUT2D eigenvalue weighted by atomic mass is 14.6. The smallest absolute Gasteiger partial charge is 0.187 e. The Balaban J connectivity index is 1.37. The fourth-order valence-electron chi connectivity index (χ4n) is 3.08. The molecule has 0 atom stereocenters. The van der Waals surface area contributed by atoms with Crippen LogP contribution in [0.3, 0.4) is 0 Å². The number of benzene rings is 4. The summed E-state index contributed by atoms with van der Waals surface area (Å²) in [5, 5.41) is 8.86. The van der Waals surface area contributed by atoms with Crippen molar-refractivity contribution >= 4 is 17.8 Å². The molecule has 0 aliphatic rings. The average molecular weight is 431 g/mol. The van der Waals surface area contributed by atoms with Crippen LogP contribution in [0.25, 0.3) is 17.0 Å². The minimum atomic E-state index is 0.618. The molecule has 0 fully saturated rings. The Bertz CT molecular complexity index is 1400. The number of nitrogens with zero attached hydrogens (tertiary/aromatic N) is 2. The molecule has 4 aromatic rings. The summed E-state index contributed by atoms with van der Waals surface area (Å²) in [6, 6.07) is 32.8. The molecule has 4 rings (SSSR count). The summed E-state index contributed by atoms with van der Waals surface area (Å²) in [7, 11) is 0. The number of nitriles is 1. The molecule has 4 aromatic carbocycles. The van der Waals surface area contributed by atoms with E-state index in [0.717, 1.165) is 33.4 Å². The highest BCUT2D eigenvalue weighted by Gasteiger charge is 1.94. The van der Waals surface area contributed by atoms with Crippen LogP contribution in [-0.2, 0) is 0 Å². The number of hydrogen-bond donors (Lipinski definition) is 0. The van der Waals surface area contributed by atoms with Gasteiger partial charge in [-0.3, -0.25) is 0 Å². The molecule has 0 spiro atoms. The van der Waals surface area contributed by atoms with Crippen LogP contribution in [0.5, 0.6) is 0 Å². The van der Waals surface area contributed by atoms with E-state index < -0.39 is 0 Å². The monoisotopic (exact) mass is 430 g/mol. The summed E-state index contributed by atoms with van der Waals surface area (Å²) in [6.45, 7) is 7.00. The lowest BCUT2D eigenvalue weighted by atomic mass is 10.1. The zero-order chi connectivity index (χ0) is 23.6. The SMILES string of the molecule is [C-]#[N+]c1ccc(C#Cc2ccc(C=Cc3ccc(C#Cc4ccc(C#N)cc4)cc3)cc2)cc1. The molecule has 0 radical (unpaired) electrons. The van der Waals surface area contributed by atoms with Gasteiger partial charge in [0.2, 0.25) is 0 Å². The molecular weight excluding hydrogens is 412 g/mol. The molecule has 0 heterocycles. The lowest BCUT2D eigenvalue weighted by molar-refractivity contribution is 1.48. The van der Waals surface area contributed by atoms with Gasteiger partial charge in [-0.05, 0) is 59.7 Å². The van der Waals surface area contributed by atoms with Crippen molar-refractivity contribution in [2.24, 2.45) is 0 Å². The average Bonchev–Trinajstić information content (AvgIpc) is 2.91. The van der Waals surface area contributed by atoms with Crippen LogP contribution in [-0.4, -0.2) is 0 Å². The topological polar surface area (TPSA) is 28.1 Å². The van der Waals surface area contributed by atoms with Gasteiger partial charge >= 0.3 is 0 Å². The van der Waals surface area contributed by atoms with Gasteiger partial charge < -0.3 is 0 Å². The van der Waals surface area contributed by atoms with Crippen molar-refractivity contribution in [1.82, 2.24) is 0 Å². The summed E-state index contributed by atoms with van der Waals surface area (Å²) in [5.74, 6) is 12.6. The lowest BCUT2D eigenvalue weighted by Crippen LogP contribution is -1.79. The Morgan fingerprint density at radius 3 is 1.18 bits per heavy atom. The molecule has 0 aliphatic carbocycles. The molecule has 34 heavy (non-hydrogen) atoms. The van der Waals surface area contributed by atoms with E-state index in [9.17, 15) is 0 Å². The molecule has 2 nitrogen and oxygen atoms in total. The quantitative estimate of drug-likeness (QED) is 0.190. The maximum absolute atomic E-state index is 8.86. The summed E-state index contributed by atoms with van der Waals surface area (Å²) < 4.78 is 0. The Morgan fingerprint density at radius 1 is 0.500 bits per heavy atom. The van der Waals surface area contributed by atoms with Crippen molar-refractivity contribution in [3.05, 3.63) is 147 Å². The van der Waals surface area contributed by atoms with Crippen LogP contribution in [0.4, 0.5) is 5.69 Å². The van der Waals surface area contributed by atoms with Gasteiger partial charge in [0.1, 0.15) is 0 Å². The maximum Gasteiger partial charge on any atom is 0.187 e. The third-order valence-corrected chi connectivity index (χ3v) is 5.00. The number of hydrogen-bond acceptors (Lipinski definition) is 1. The van der Waals surface area contributed by atoms with Crippen LogP contribution < -0.4 is 0 Å². The van der Waals surface area contributed by atoms with E-state index in [2.05, 4.69) is 46.7 Å². The lowest BCUT2D eigenvalue weighted by Gasteiger charge is -1.97. The van der Waals surface area contributed by atoms with Crippen molar-refractivity contribution < 1.29 is 0 Å². The highest BCUT2D eigenvalue weighted by Crippen LogP contribution is 2.13. The fourth-order valence-corrected chi connectivity index (χ4v) is 3.08. The molecule has 0 unspecified atom stereocenters. The predicted octanol–water partition coefficient (Wildman–Crippen LogP) is 7.08. The summed E-state index contributed by atoms with van der Waals surface area (Å²) in [4.78, 5) is 3.39. The predicted molar refractivity (Wildman–Crippen MR) is 138 cm³/mol. The van der Waals surface area contributed by atoms with Crippen LogP contribution >= 0.6 is 0 Å².